The molecule has 162 valence electrons. The van der Waals surface area contributed by atoms with E-state index in [1.165, 1.54) is 12.1 Å². The molecule has 0 aliphatic carbocycles. The second-order valence-corrected chi connectivity index (χ2v) is 7.01. The number of rotatable bonds is 9. The average Bonchev–Trinajstić information content (AvgIpc) is 2.77. The topological polar surface area (TPSA) is 66.9 Å². The van der Waals surface area contributed by atoms with Gasteiger partial charge in [-0.2, -0.15) is 13.2 Å². The van der Waals surface area contributed by atoms with Crippen molar-refractivity contribution in [3.8, 4) is 0 Å². The number of hydrogen-bond acceptors (Lipinski definition) is 4. The van der Waals surface area contributed by atoms with E-state index in [1.807, 2.05) is 24.3 Å². The molecule has 0 spiro atoms. The predicted octanol–water partition coefficient (Wildman–Crippen LogP) is 3.73. The molecular formula is C23H23F3N4O. The lowest BCUT2D eigenvalue weighted by atomic mass is 10.0. The summed E-state index contributed by atoms with van der Waals surface area (Å²) in [5.74, 6) is -0.292. The van der Waals surface area contributed by atoms with Crippen LogP contribution >= 0.6 is 0 Å². The number of nitrogens with one attached hydrogen (secondary N) is 2. The van der Waals surface area contributed by atoms with E-state index in [-0.39, 0.29) is 5.91 Å². The molecule has 1 atom stereocenters. The highest BCUT2D eigenvalue weighted by atomic mass is 19.4. The molecule has 0 aliphatic rings. The Kier molecular flexibility index (Phi) is 7.72. The number of carbonyl (C=O) groups is 1. The number of alkyl halides is 3. The molecule has 0 radical (unpaired) electrons. The Morgan fingerprint density at radius 2 is 1.58 bits per heavy atom. The zero-order valence-corrected chi connectivity index (χ0v) is 16.8. The molecule has 0 saturated carbocycles. The lowest BCUT2D eigenvalue weighted by Gasteiger charge is -2.20. The molecule has 3 aromatic rings. The fourth-order valence-corrected chi connectivity index (χ4v) is 3.11. The fraction of sp³-hybridized carbons (Fsp3) is 0.261. The summed E-state index contributed by atoms with van der Waals surface area (Å²) in [7, 11) is 0. The molecule has 1 amide bonds. The number of hydrogen-bond donors (Lipinski definition) is 2. The molecule has 31 heavy (non-hydrogen) atoms. The van der Waals surface area contributed by atoms with Crippen LogP contribution in [0.15, 0.2) is 73.3 Å². The fourth-order valence-electron chi connectivity index (χ4n) is 3.11. The molecule has 3 rings (SSSR count). The Labute approximate surface area is 178 Å². The van der Waals surface area contributed by atoms with Crippen molar-refractivity contribution in [1.29, 1.82) is 0 Å². The van der Waals surface area contributed by atoms with Crippen LogP contribution in [0.3, 0.4) is 0 Å². The third-order valence-electron chi connectivity index (χ3n) is 4.78. The summed E-state index contributed by atoms with van der Waals surface area (Å²) in [6.45, 7) is 0.874. The molecule has 1 unspecified atom stereocenters. The average molecular weight is 428 g/mol. The summed E-state index contributed by atoms with van der Waals surface area (Å²) >= 11 is 0. The molecule has 2 heterocycles. The second kappa shape index (κ2) is 10.7. The van der Waals surface area contributed by atoms with Gasteiger partial charge in [0.25, 0.3) is 0 Å². The van der Waals surface area contributed by atoms with E-state index in [4.69, 9.17) is 0 Å². The van der Waals surface area contributed by atoms with Crippen molar-refractivity contribution in [2.75, 3.05) is 13.1 Å². The zero-order chi connectivity index (χ0) is 22.1. The van der Waals surface area contributed by atoms with Gasteiger partial charge in [0.15, 0.2) is 0 Å². The van der Waals surface area contributed by atoms with Crippen molar-refractivity contribution in [2.45, 2.75) is 25.1 Å². The van der Waals surface area contributed by atoms with Gasteiger partial charge in [0.1, 0.15) is 6.04 Å². The SMILES string of the molecule is O=C(NCCc1ccncc1)C(NCCc1cccnc1)c1ccc(C(F)(F)F)cc1. The minimum atomic E-state index is -4.42. The summed E-state index contributed by atoms with van der Waals surface area (Å²) in [6, 6.07) is 11.4. The van der Waals surface area contributed by atoms with Crippen LogP contribution in [0.1, 0.15) is 28.3 Å². The number of aromatic nitrogens is 2. The Morgan fingerprint density at radius 1 is 0.871 bits per heavy atom. The number of carbonyl (C=O) groups excluding carboxylic acids is 1. The first-order valence-electron chi connectivity index (χ1n) is 9.89. The molecular weight excluding hydrogens is 405 g/mol. The van der Waals surface area contributed by atoms with Gasteiger partial charge >= 0.3 is 6.18 Å². The standard InChI is InChI=1S/C23H23F3N4O/c24-23(25,26)20-5-3-19(4-6-20)21(29-14-10-18-2-1-11-28-16-18)22(31)30-15-9-17-7-12-27-13-8-17/h1-8,11-13,16,21,29H,9-10,14-15H2,(H,30,31). The van der Waals surface area contributed by atoms with Gasteiger partial charge in [-0.25, -0.2) is 0 Å². The first kappa shape index (κ1) is 22.4. The Morgan fingerprint density at radius 3 is 2.23 bits per heavy atom. The maximum Gasteiger partial charge on any atom is 0.416 e. The zero-order valence-electron chi connectivity index (χ0n) is 16.8. The Hall–Kier alpha value is -3.26. The van der Waals surface area contributed by atoms with Crippen LogP contribution in [-0.2, 0) is 23.8 Å². The van der Waals surface area contributed by atoms with E-state index in [2.05, 4.69) is 20.6 Å². The molecule has 8 heteroatoms. The van der Waals surface area contributed by atoms with E-state index in [0.717, 1.165) is 23.3 Å². The van der Waals surface area contributed by atoms with Crippen LogP contribution in [0.4, 0.5) is 13.2 Å². The first-order chi connectivity index (χ1) is 14.9. The van der Waals surface area contributed by atoms with Gasteiger partial charge in [0, 0.05) is 37.9 Å². The molecule has 0 aliphatic heterocycles. The number of amides is 1. The summed E-state index contributed by atoms with van der Waals surface area (Å²) in [5, 5.41) is 6.03. The summed E-state index contributed by atoms with van der Waals surface area (Å²) in [5.41, 5.74) is 1.76. The summed E-state index contributed by atoms with van der Waals surface area (Å²) < 4.78 is 38.7. The van der Waals surface area contributed by atoms with E-state index in [9.17, 15) is 18.0 Å². The lowest BCUT2D eigenvalue weighted by molar-refractivity contribution is -0.137. The maximum atomic E-state index is 12.9. The second-order valence-electron chi connectivity index (χ2n) is 7.01. The maximum absolute atomic E-state index is 12.9. The summed E-state index contributed by atoms with van der Waals surface area (Å²) in [6.07, 6.45) is 3.62. The number of nitrogens with zero attached hydrogens (tertiary/aromatic N) is 2. The third kappa shape index (κ3) is 6.89. The van der Waals surface area contributed by atoms with Crippen molar-refractivity contribution in [2.24, 2.45) is 0 Å². The molecule has 0 fully saturated rings. The van der Waals surface area contributed by atoms with Gasteiger partial charge in [0.05, 0.1) is 5.56 Å². The van der Waals surface area contributed by atoms with Crippen LogP contribution in [0, 0.1) is 0 Å². The minimum absolute atomic E-state index is 0.292. The van der Waals surface area contributed by atoms with Gasteiger partial charge in [-0.05, 0) is 59.9 Å². The number of benzene rings is 1. The van der Waals surface area contributed by atoms with E-state index < -0.39 is 17.8 Å². The Balaban J connectivity index is 1.66. The first-order valence-corrected chi connectivity index (χ1v) is 9.89. The lowest BCUT2D eigenvalue weighted by Crippen LogP contribution is -2.39. The van der Waals surface area contributed by atoms with Gasteiger partial charge < -0.3 is 10.6 Å². The highest BCUT2D eigenvalue weighted by Crippen LogP contribution is 2.30. The smallest absolute Gasteiger partial charge is 0.354 e. The van der Waals surface area contributed by atoms with Crippen molar-refractivity contribution in [1.82, 2.24) is 20.6 Å². The van der Waals surface area contributed by atoms with Crippen LogP contribution in [-0.4, -0.2) is 29.0 Å². The molecule has 2 aromatic heterocycles. The molecule has 1 aromatic carbocycles. The van der Waals surface area contributed by atoms with E-state index in [1.54, 1.807) is 24.8 Å². The predicted molar refractivity (Wildman–Crippen MR) is 111 cm³/mol. The molecule has 2 N–H and O–H groups in total. The quantitative estimate of drug-likeness (QED) is 0.545. The van der Waals surface area contributed by atoms with Crippen LogP contribution in [0.25, 0.3) is 0 Å². The van der Waals surface area contributed by atoms with Crippen LogP contribution in [0.5, 0.6) is 0 Å². The van der Waals surface area contributed by atoms with Crippen LogP contribution < -0.4 is 10.6 Å². The van der Waals surface area contributed by atoms with Crippen molar-refractivity contribution in [3.05, 3.63) is 95.6 Å². The largest absolute Gasteiger partial charge is 0.416 e. The monoisotopic (exact) mass is 428 g/mol. The number of pyridine rings is 2. The Bertz CT molecular complexity index is 948. The van der Waals surface area contributed by atoms with E-state index in [0.29, 0.717) is 31.5 Å². The summed E-state index contributed by atoms with van der Waals surface area (Å²) in [4.78, 5) is 20.9. The van der Waals surface area contributed by atoms with Gasteiger partial charge in [-0.1, -0.05) is 18.2 Å². The van der Waals surface area contributed by atoms with E-state index >= 15 is 0 Å². The van der Waals surface area contributed by atoms with Crippen molar-refractivity contribution >= 4 is 5.91 Å². The molecule has 0 bridgehead atoms. The highest BCUT2D eigenvalue weighted by molar-refractivity contribution is 5.83. The van der Waals surface area contributed by atoms with Crippen LogP contribution in [0.2, 0.25) is 0 Å². The van der Waals surface area contributed by atoms with Crippen molar-refractivity contribution in [3.63, 3.8) is 0 Å². The highest BCUT2D eigenvalue weighted by Gasteiger charge is 2.30. The number of halogens is 3. The third-order valence-corrected chi connectivity index (χ3v) is 4.78. The normalized spacial score (nSPS) is 12.4. The molecule has 0 saturated heterocycles. The molecule has 5 nitrogen and oxygen atoms in total. The van der Waals surface area contributed by atoms with Gasteiger partial charge in [0.2, 0.25) is 5.91 Å². The minimum Gasteiger partial charge on any atom is -0.354 e. The van der Waals surface area contributed by atoms with Gasteiger partial charge in [-0.3, -0.25) is 14.8 Å². The van der Waals surface area contributed by atoms with Gasteiger partial charge in [-0.15, -0.1) is 0 Å². The van der Waals surface area contributed by atoms with Crippen molar-refractivity contribution < 1.29 is 18.0 Å².